The van der Waals surface area contributed by atoms with Crippen LogP contribution in [0.5, 0.6) is 0 Å². The molecule has 0 unspecified atom stereocenters. The van der Waals surface area contributed by atoms with Gasteiger partial charge in [0.05, 0.1) is 13.3 Å². The second kappa shape index (κ2) is 6.31. The van der Waals surface area contributed by atoms with Crippen molar-refractivity contribution < 1.29 is 9.53 Å². The van der Waals surface area contributed by atoms with E-state index in [9.17, 15) is 4.79 Å². The Morgan fingerprint density at radius 1 is 1.08 bits per heavy atom. The Labute approximate surface area is 147 Å². The SMILES string of the molecule is COC(=O)c1cnn2c(C)c(Cc3c(C)cc(C)cc3C)c(C)nc12. The maximum absolute atomic E-state index is 11.9. The van der Waals surface area contributed by atoms with E-state index in [1.807, 2.05) is 13.8 Å². The summed E-state index contributed by atoms with van der Waals surface area (Å²) in [5.74, 6) is -0.417. The Hall–Kier alpha value is -2.69. The van der Waals surface area contributed by atoms with Gasteiger partial charge in [-0.25, -0.2) is 14.3 Å². The first-order valence-corrected chi connectivity index (χ1v) is 8.32. The summed E-state index contributed by atoms with van der Waals surface area (Å²) < 4.78 is 6.55. The van der Waals surface area contributed by atoms with Crippen molar-refractivity contribution in [3.63, 3.8) is 0 Å². The predicted molar refractivity (Wildman–Crippen MR) is 97.3 cm³/mol. The van der Waals surface area contributed by atoms with Crippen LogP contribution in [-0.4, -0.2) is 27.7 Å². The average molecular weight is 337 g/mol. The average Bonchev–Trinajstić information content (AvgIpc) is 2.96. The highest BCUT2D eigenvalue weighted by Gasteiger charge is 2.19. The largest absolute Gasteiger partial charge is 0.465 e. The van der Waals surface area contributed by atoms with Crippen LogP contribution in [0, 0.1) is 34.6 Å². The van der Waals surface area contributed by atoms with E-state index in [2.05, 4.69) is 43.0 Å². The molecule has 0 fully saturated rings. The van der Waals surface area contributed by atoms with Gasteiger partial charge in [0, 0.05) is 17.8 Å². The van der Waals surface area contributed by atoms with Gasteiger partial charge in [-0.3, -0.25) is 0 Å². The van der Waals surface area contributed by atoms with E-state index in [4.69, 9.17) is 4.74 Å². The molecule has 130 valence electrons. The van der Waals surface area contributed by atoms with Gasteiger partial charge >= 0.3 is 5.97 Å². The molecule has 0 aliphatic rings. The Morgan fingerprint density at radius 2 is 1.72 bits per heavy atom. The molecule has 5 heteroatoms. The van der Waals surface area contributed by atoms with Crippen LogP contribution in [0.2, 0.25) is 0 Å². The summed E-state index contributed by atoms with van der Waals surface area (Å²) in [6.45, 7) is 10.4. The van der Waals surface area contributed by atoms with Gasteiger partial charge in [-0.05, 0) is 56.9 Å². The van der Waals surface area contributed by atoms with Gasteiger partial charge < -0.3 is 4.74 Å². The highest BCUT2D eigenvalue weighted by molar-refractivity contribution is 5.95. The predicted octanol–water partition coefficient (Wildman–Crippen LogP) is 3.65. The van der Waals surface area contributed by atoms with Gasteiger partial charge in [-0.1, -0.05) is 17.7 Å². The van der Waals surface area contributed by atoms with Crippen LogP contribution < -0.4 is 0 Å². The number of fused-ring (bicyclic) bond motifs is 1. The van der Waals surface area contributed by atoms with E-state index in [-0.39, 0.29) is 0 Å². The zero-order chi connectivity index (χ0) is 18.3. The van der Waals surface area contributed by atoms with Crippen molar-refractivity contribution in [3.8, 4) is 0 Å². The Morgan fingerprint density at radius 3 is 2.32 bits per heavy atom. The highest BCUT2D eigenvalue weighted by Crippen LogP contribution is 2.24. The van der Waals surface area contributed by atoms with Gasteiger partial charge in [0.25, 0.3) is 0 Å². The highest BCUT2D eigenvalue weighted by atomic mass is 16.5. The first kappa shape index (κ1) is 17.1. The molecule has 0 amide bonds. The fourth-order valence-corrected chi connectivity index (χ4v) is 3.49. The number of hydrogen-bond acceptors (Lipinski definition) is 4. The van der Waals surface area contributed by atoms with Gasteiger partial charge in [-0.15, -0.1) is 0 Å². The Balaban J connectivity index is 2.14. The zero-order valence-electron chi connectivity index (χ0n) is 15.6. The third kappa shape index (κ3) is 2.90. The van der Waals surface area contributed by atoms with Crippen molar-refractivity contribution in [1.82, 2.24) is 14.6 Å². The quantitative estimate of drug-likeness (QED) is 0.685. The van der Waals surface area contributed by atoms with Gasteiger partial charge in [-0.2, -0.15) is 5.10 Å². The molecule has 3 aromatic rings. The first-order chi connectivity index (χ1) is 11.8. The minimum Gasteiger partial charge on any atom is -0.465 e. The number of rotatable bonds is 3. The lowest BCUT2D eigenvalue weighted by Gasteiger charge is -2.15. The molecule has 0 aliphatic carbocycles. The summed E-state index contributed by atoms with van der Waals surface area (Å²) in [7, 11) is 1.36. The normalized spacial score (nSPS) is 11.1. The number of aryl methyl sites for hydroxylation is 5. The molecule has 0 radical (unpaired) electrons. The number of aromatic nitrogens is 3. The number of esters is 1. The van der Waals surface area contributed by atoms with E-state index in [0.717, 1.165) is 23.4 Å². The molecule has 0 atom stereocenters. The van der Waals surface area contributed by atoms with E-state index in [1.165, 1.54) is 35.6 Å². The summed E-state index contributed by atoms with van der Waals surface area (Å²) in [5.41, 5.74) is 9.15. The zero-order valence-corrected chi connectivity index (χ0v) is 15.6. The van der Waals surface area contributed by atoms with Crippen molar-refractivity contribution in [3.05, 3.63) is 63.1 Å². The summed E-state index contributed by atoms with van der Waals surface area (Å²) >= 11 is 0. The smallest absolute Gasteiger partial charge is 0.343 e. The van der Waals surface area contributed by atoms with Crippen LogP contribution in [-0.2, 0) is 11.2 Å². The second-order valence-corrected chi connectivity index (χ2v) is 6.60. The van der Waals surface area contributed by atoms with Gasteiger partial charge in [0.15, 0.2) is 5.65 Å². The molecule has 2 aromatic heterocycles. The van der Waals surface area contributed by atoms with Crippen molar-refractivity contribution in [1.29, 1.82) is 0 Å². The number of carbonyl (C=O) groups excluding carboxylic acids is 1. The summed E-state index contributed by atoms with van der Waals surface area (Å²) in [4.78, 5) is 16.5. The van der Waals surface area contributed by atoms with Crippen molar-refractivity contribution in [2.24, 2.45) is 0 Å². The van der Waals surface area contributed by atoms with E-state index < -0.39 is 5.97 Å². The van der Waals surface area contributed by atoms with Gasteiger partial charge in [0.2, 0.25) is 0 Å². The molecule has 5 nitrogen and oxygen atoms in total. The first-order valence-electron chi connectivity index (χ1n) is 8.32. The number of ether oxygens (including phenoxy) is 1. The number of nitrogens with zero attached hydrogens (tertiary/aromatic N) is 3. The molecule has 2 heterocycles. The van der Waals surface area contributed by atoms with Crippen molar-refractivity contribution >= 4 is 11.6 Å². The lowest BCUT2D eigenvalue weighted by atomic mass is 9.93. The third-order valence-electron chi connectivity index (χ3n) is 4.81. The molecule has 25 heavy (non-hydrogen) atoms. The van der Waals surface area contributed by atoms with Crippen LogP contribution in [0.3, 0.4) is 0 Å². The van der Waals surface area contributed by atoms with Crippen molar-refractivity contribution in [2.75, 3.05) is 7.11 Å². The number of hydrogen-bond donors (Lipinski definition) is 0. The molecule has 0 spiro atoms. The lowest BCUT2D eigenvalue weighted by Crippen LogP contribution is -2.09. The fourth-order valence-electron chi connectivity index (χ4n) is 3.49. The minimum atomic E-state index is -0.417. The number of carbonyl (C=O) groups is 1. The lowest BCUT2D eigenvalue weighted by molar-refractivity contribution is 0.0602. The second-order valence-electron chi connectivity index (χ2n) is 6.60. The topological polar surface area (TPSA) is 56.5 Å². The minimum absolute atomic E-state index is 0.392. The number of benzene rings is 1. The standard InChI is InChI=1S/C20H23N3O2/c1-11-7-12(2)16(13(3)8-11)9-17-14(4)22-19-18(20(24)25-6)10-21-23(19)15(17)5/h7-8,10H,9H2,1-6H3. The third-order valence-corrected chi connectivity index (χ3v) is 4.81. The van der Waals surface area contributed by atoms with Gasteiger partial charge in [0.1, 0.15) is 5.56 Å². The van der Waals surface area contributed by atoms with Crippen molar-refractivity contribution in [2.45, 2.75) is 41.0 Å². The Bertz CT molecular complexity index is 963. The molecule has 1 aromatic carbocycles. The van der Waals surface area contributed by atoms with E-state index in [0.29, 0.717) is 11.2 Å². The molecular weight excluding hydrogens is 314 g/mol. The van der Waals surface area contributed by atoms with Crippen LogP contribution in [0.15, 0.2) is 18.3 Å². The van der Waals surface area contributed by atoms with Crippen LogP contribution in [0.4, 0.5) is 0 Å². The van der Waals surface area contributed by atoms with Crippen LogP contribution in [0.25, 0.3) is 5.65 Å². The summed E-state index contributed by atoms with van der Waals surface area (Å²) in [6, 6.07) is 4.42. The Kier molecular flexibility index (Phi) is 4.33. The molecule has 0 aliphatic heterocycles. The molecule has 3 rings (SSSR count). The molecule has 0 saturated carbocycles. The number of methoxy groups -OCH3 is 1. The summed E-state index contributed by atoms with van der Waals surface area (Å²) in [6.07, 6.45) is 2.32. The maximum Gasteiger partial charge on any atom is 0.343 e. The maximum atomic E-state index is 11.9. The molecule has 0 N–H and O–H groups in total. The molecule has 0 saturated heterocycles. The monoisotopic (exact) mass is 337 g/mol. The molecule has 0 bridgehead atoms. The van der Waals surface area contributed by atoms with E-state index in [1.54, 1.807) is 4.52 Å². The van der Waals surface area contributed by atoms with E-state index >= 15 is 0 Å². The van der Waals surface area contributed by atoms with Crippen LogP contribution >= 0.6 is 0 Å². The van der Waals surface area contributed by atoms with Crippen LogP contribution in [0.1, 0.15) is 49.6 Å². The molecular formula is C20H23N3O2. The summed E-state index contributed by atoms with van der Waals surface area (Å²) in [5, 5.41) is 4.34. The fraction of sp³-hybridized carbons (Fsp3) is 0.350.